The molecule has 0 fully saturated rings. The van der Waals surface area contributed by atoms with Gasteiger partial charge in [-0.25, -0.2) is 23.4 Å². The number of anilines is 2. The first-order valence-corrected chi connectivity index (χ1v) is 11.9. The van der Waals surface area contributed by atoms with Crippen LogP contribution in [0.5, 0.6) is 0 Å². The smallest absolute Gasteiger partial charge is 0.293 e. The van der Waals surface area contributed by atoms with Crippen molar-refractivity contribution in [3.8, 4) is 11.4 Å². The summed E-state index contributed by atoms with van der Waals surface area (Å²) in [5.41, 5.74) is 0.940. The predicted molar refractivity (Wildman–Crippen MR) is 127 cm³/mol. The first-order chi connectivity index (χ1) is 16.3. The molecule has 12 heteroatoms. The van der Waals surface area contributed by atoms with Gasteiger partial charge < -0.3 is 5.32 Å². The highest BCUT2D eigenvalue weighted by Gasteiger charge is 2.25. The number of sulfone groups is 1. The van der Waals surface area contributed by atoms with Gasteiger partial charge in [-0.3, -0.25) is 9.48 Å². The van der Waals surface area contributed by atoms with Gasteiger partial charge in [0.1, 0.15) is 5.69 Å². The van der Waals surface area contributed by atoms with Gasteiger partial charge in [-0.05, 0) is 38.1 Å². The normalized spacial score (nSPS) is 12.0. The van der Waals surface area contributed by atoms with Gasteiger partial charge in [0.05, 0.1) is 27.4 Å². The van der Waals surface area contributed by atoms with Crippen molar-refractivity contribution in [3.63, 3.8) is 0 Å². The minimum absolute atomic E-state index is 0.0792. The lowest BCUT2D eigenvalue weighted by molar-refractivity contribution is 0.588. The maximum atomic E-state index is 13.1. The summed E-state index contributed by atoms with van der Waals surface area (Å²) in [6.45, 7) is 3.23. The Bertz CT molecular complexity index is 1720. The van der Waals surface area contributed by atoms with Gasteiger partial charge in [0.15, 0.2) is 21.3 Å². The molecule has 0 aliphatic carbocycles. The van der Waals surface area contributed by atoms with Gasteiger partial charge in [-0.15, -0.1) is 5.10 Å². The highest BCUT2D eigenvalue weighted by Crippen LogP contribution is 2.30. The zero-order chi connectivity index (χ0) is 24.0. The van der Waals surface area contributed by atoms with Crippen LogP contribution < -0.4 is 10.9 Å². The van der Waals surface area contributed by atoms with Crippen LogP contribution >= 0.6 is 0 Å². The standard InChI is InChI=1S/C22H20N8O3S/c1-13(2)34(32,33)17-9-6-7-15-18(17)26-22(25-16-8-4-5-10-23-21(16)31)30-20(15)27-19(28-30)14-11-24-29(3)12-14/h4-13H,1-3H3,(H,23,25,26,31). The van der Waals surface area contributed by atoms with Crippen LogP contribution in [0.25, 0.3) is 27.9 Å². The summed E-state index contributed by atoms with van der Waals surface area (Å²) in [5.74, 6) is 0.503. The summed E-state index contributed by atoms with van der Waals surface area (Å²) in [6, 6.07) is 9.76. The van der Waals surface area contributed by atoms with E-state index >= 15 is 0 Å². The molecule has 0 saturated carbocycles. The molecule has 5 aromatic rings. The fraction of sp³-hybridized carbons (Fsp3) is 0.182. The number of hydrogen-bond acceptors (Lipinski definition) is 9. The highest BCUT2D eigenvalue weighted by atomic mass is 32.2. The Kier molecular flexibility index (Phi) is 5.09. The summed E-state index contributed by atoms with van der Waals surface area (Å²) < 4.78 is 29.3. The third-order valence-corrected chi connectivity index (χ3v) is 7.47. The molecule has 0 amide bonds. The molecule has 4 aromatic heterocycles. The largest absolute Gasteiger partial charge is 0.319 e. The Morgan fingerprint density at radius 2 is 1.88 bits per heavy atom. The quantitative estimate of drug-likeness (QED) is 0.405. The van der Waals surface area contributed by atoms with Crippen LogP contribution in [0.3, 0.4) is 0 Å². The van der Waals surface area contributed by atoms with Crippen LogP contribution in [0.15, 0.2) is 64.7 Å². The van der Waals surface area contributed by atoms with E-state index in [1.165, 1.54) is 16.8 Å². The predicted octanol–water partition coefficient (Wildman–Crippen LogP) is 2.36. The van der Waals surface area contributed by atoms with E-state index in [0.717, 1.165) is 0 Å². The van der Waals surface area contributed by atoms with Crippen molar-refractivity contribution in [1.29, 1.82) is 0 Å². The van der Waals surface area contributed by atoms with E-state index in [2.05, 4.69) is 30.5 Å². The number of rotatable bonds is 5. The van der Waals surface area contributed by atoms with Crippen LogP contribution in [0.2, 0.25) is 0 Å². The number of aromatic nitrogens is 7. The van der Waals surface area contributed by atoms with E-state index in [0.29, 0.717) is 22.4 Å². The lowest BCUT2D eigenvalue weighted by atomic mass is 10.2. The average Bonchev–Trinajstić information content (AvgIpc) is 3.39. The van der Waals surface area contributed by atoms with Crippen LogP contribution in [0.4, 0.5) is 11.6 Å². The maximum Gasteiger partial charge on any atom is 0.293 e. The Morgan fingerprint density at radius 1 is 1.06 bits per heavy atom. The minimum Gasteiger partial charge on any atom is -0.319 e. The summed E-state index contributed by atoms with van der Waals surface area (Å²) >= 11 is 0. The SMILES string of the molecule is CC(C)S(=O)(=O)c1cccc2c1nc(Nc1ccccnc1=O)n1nc(-c3cnn(C)c3)nc21. The number of nitrogens with zero attached hydrogens (tertiary/aromatic N) is 7. The van der Waals surface area contributed by atoms with E-state index in [1.807, 2.05) is 0 Å². The molecule has 0 atom stereocenters. The number of nitrogens with one attached hydrogen (secondary N) is 1. The zero-order valence-electron chi connectivity index (χ0n) is 18.5. The number of aryl methyl sites for hydroxylation is 1. The summed E-state index contributed by atoms with van der Waals surface area (Å²) in [6.07, 6.45) is 4.78. The average molecular weight is 477 g/mol. The van der Waals surface area contributed by atoms with Crippen molar-refractivity contribution in [2.75, 3.05) is 5.32 Å². The first kappa shape index (κ1) is 21.6. The third kappa shape index (κ3) is 3.57. The van der Waals surface area contributed by atoms with Crippen molar-refractivity contribution in [3.05, 3.63) is 65.3 Å². The molecule has 0 aliphatic rings. The van der Waals surface area contributed by atoms with Gasteiger partial charge in [0, 0.05) is 24.8 Å². The Hall–Kier alpha value is -4.19. The molecular formula is C22H20N8O3S. The number of para-hydroxylation sites is 1. The second kappa shape index (κ2) is 7.99. The molecule has 0 saturated heterocycles. The molecule has 11 nitrogen and oxygen atoms in total. The summed E-state index contributed by atoms with van der Waals surface area (Å²) in [5, 5.41) is 11.6. The van der Waals surface area contributed by atoms with E-state index in [4.69, 9.17) is 0 Å². The molecule has 4 heterocycles. The van der Waals surface area contributed by atoms with Crippen LogP contribution in [-0.2, 0) is 16.9 Å². The van der Waals surface area contributed by atoms with E-state index < -0.39 is 20.6 Å². The number of fused-ring (bicyclic) bond motifs is 3. The second-order valence-electron chi connectivity index (χ2n) is 7.93. The second-order valence-corrected chi connectivity index (χ2v) is 10.4. The van der Waals surface area contributed by atoms with Gasteiger partial charge >= 0.3 is 0 Å². The molecule has 0 aliphatic heterocycles. The zero-order valence-corrected chi connectivity index (χ0v) is 19.4. The Labute approximate surface area is 194 Å². The van der Waals surface area contributed by atoms with E-state index in [-0.39, 0.29) is 22.0 Å². The van der Waals surface area contributed by atoms with Gasteiger partial charge in [-0.2, -0.15) is 9.61 Å². The van der Waals surface area contributed by atoms with Gasteiger partial charge in [0.2, 0.25) is 5.95 Å². The lowest BCUT2D eigenvalue weighted by Crippen LogP contribution is -2.16. The Morgan fingerprint density at radius 3 is 2.62 bits per heavy atom. The maximum absolute atomic E-state index is 13.1. The molecule has 0 spiro atoms. The van der Waals surface area contributed by atoms with Crippen molar-refractivity contribution in [1.82, 2.24) is 34.3 Å². The van der Waals surface area contributed by atoms with Crippen molar-refractivity contribution < 1.29 is 8.42 Å². The van der Waals surface area contributed by atoms with Gasteiger partial charge in [-0.1, -0.05) is 12.1 Å². The fourth-order valence-corrected chi connectivity index (χ4v) is 4.70. The fourth-order valence-electron chi connectivity index (χ4n) is 3.50. The molecule has 0 bridgehead atoms. The molecule has 1 aromatic carbocycles. The van der Waals surface area contributed by atoms with Crippen LogP contribution in [-0.4, -0.2) is 48.0 Å². The summed E-state index contributed by atoms with van der Waals surface area (Å²) in [7, 11) is -1.88. The molecule has 0 unspecified atom stereocenters. The van der Waals surface area contributed by atoms with Crippen molar-refractivity contribution in [2.45, 2.75) is 24.0 Å². The summed E-state index contributed by atoms with van der Waals surface area (Å²) in [4.78, 5) is 25.6. The van der Waals surface area contributed by atoms with Crippen LogP contribution in [0, 0.1) is 0 Å². The van der Waals surface area contributed by atoms with Crippen LogP contribution in [0.1, 0.15) is 13.8 Å². The monoisotopic (exact) mass is 476 g/mol. The number of hydrogen-bond donors (Lipinski definition) is 1. The van der Waals surface area contributed by atoms with Gasteiger partial charge in [0.25, 0.3) is 5.56 Å². The molecular weight excluding hydrogens is 456 g/mol. The van der Waals surface area contributed by atoms with Crippen molar-refractivity contribution in [2.24, 2.45) is 7.05 Å². The highest BCUT2D eigenvalue weighted by molar-refractivity contribution is 7.92. The molecule has 34 heavy (non-hydrogen) atoms. The van der Waals surface area contributed by atoms with E-state index in [9.17, 15) is 13.2 Å². The molecule has 172 valence electrons. The Balaban J connectivity index is 1.85. The molecule has 0 radical (unpaired) electrons. The third-order valence-electron chi connectivity index (χ3n) is 5.28. The molecule has 5 rings (SSSR count). The first-order valence-electron chi connectivity index (χ1n) is 10.4. The topological polar surface area (TPSA) is 137 Å². The van der Waals surface area contributed by atoms with Crippen molar-refractivity contribution >= 4 is 38.0 Å². The number of benzene rings is 1. The van der Waals surface area contributed by atoms with E-state index in [1.54, 1.807) is 68.3 Å². The minimum atomic E-state index is -3.66. The lowest BCUT2D eigenvalue weighted by Gasteiger charge is -2.12. The molecule has 1 N–H and O–H groups in total.